The van der Waals surface area contributed by atoms with Crippen LogP contribution in [0, 0.1) is 0 Å². The zero-order valence-corrected chi connectivity index (χ0v) is 11.7. The van der Waals surface area contributed by atoms with E-state index in [1.807, 2.05) is 6.07 Å². The average Bonchev–Trinajstić information content (AvgIpc) is 2.47. The Morgan fingerprint density at radius 3 is 2.10 bits per heavy atom. The summed E-state index contributed by atoms with van der Waals surface area (Å²) in [6.45, 7) is -0.00420. The summed E-state index contributed by atoms with van der Waals surface area (Å²) in [6.07, 6.45) is -4.54. The Kier molecular flexibility index (Phi) is 5.27. The zero-order chi connectivity index (χ0) is 15.1. The van der Waals surface area contributed by atoms with Crippen LogP contribution in [0.1, 0.15) is 5.56 Å². The van der Waals surface area contributed by atoms with Crippen LogP contribution in [0.5, 0.6) is 0 Å². The van der Waals surface area contributed by atoms with Crippen LogP contribution in [0.2, 0.25) is 0 Å². The Bertz CT molecular complexity index is 585. The molecule has 0 unspecified atom stereocenters. The first-order valence-corrected chi connectivity index (χ1v) is 6.91. The fourth-order valence-electron chi connectivity index (χ4n) is 1.47. The van der Waals surface area contributed by atoms with Crippen molar-refractivity contribution in [3.05, 3.63) is 66.2 Å². The van der Waals surface area contributed by atoms with E-state index in [0.29, 0.717) is 16.7 Å². The van der Waals surface area contributed by atoms with Gasteiger partial charge in [0.25, 0.3) is 0 Å². The molecule has 0 bridgehead atoms. The van der Waals surface area contributed by atoms with Gasteiger partial charge in [0.05, 0.1) is 0 Å². The Morgan fingerprint density at radius 1 is 0.952 bits per heavy atom. The number of rotatable bonds is 4. The minimum Gasteiger partial charge on any atom is -0.390 e. The summed E-state index contributed by atoms with van der Waals surface area (Å²) in [7, 11) is 0. The number of nitrogens with zero attached hydrogens (tertiary/aromatic N) is 1. The maximum atomic E-state index is 12.9. The highest BCUT2D eigenvalue weighted by Crippen LogP contribution is 2.30. The second kappa shape index (κ2) is 7.17. The second-order valence-electron chi connectivity index (χ2n) is 4.07. The molecule has 21 heavy (non-hydrogen) atoms. The molecule has 0 aliphatic carbocycles. The summed E-state index contributed by atoms with van der Waals surface area (Å²) in [6, 6.07) is 17.1. The van der Waals surface area contributed by atoms with Crippen LogP contribution in [0.3, 0.4) is 0 Å². The summed E-state index contributed by atoms with van der Waals surface area (Å²) in [4.78, 5) is 5.28. The molecule has 0 aliphatic rings. The molecule has 0 atom stereocenters. The van der Waals surface area contributed by atoms with E-state index in [4.69, 9.17) is 4.84 Å². The van der Waals surface area contributed by atoms with Gasteiger partial charge < -0.3 is 4.84 Å². The summed E-state index contributed by atoms with van der Waals surface area (Å²) >= 11 is 0.531. The van der Waals surface area contributed by atoms with E-state index in [9.17, 15) is 13.2 Å². The molecule has 2 rings (SSSR count). The highest BCUT2D eigenvalue weighted by molar-refractivity contribution is 8.14. The predicted octanol–water partition coefficient (Wildman–Crippen LogP) is 4.87. The highest BCUT2D eigenvalue weighted by Gasteiger charge is 2.37. The molecular formula is C15H12F3NOS. The lowest BCUT2D eigenvalue weighted by Crippen LogP contribution is -2.20. The van der Waals surface area contributed by atoms with Gasteiger partial charge in [-0.3, -0.25) is 0 Å². The van der Waals surface area contributed by atoms with Crippen molar-refractivity contribution in [3.63, 3.8) is 0 Å². The Hall–Kier alpha value is -1.95. The number of halogens is 3. The van der Waals surface area contributed by atoms with Crippen molar-refractivity contribution in [1.29, 1.82) is 0 Å². The smallest absolute Gasteiger partial charge is 0.390 e. The van der Waals surface area contributed by atoms with Crippen LogP contribution in [-0.2, 0) is 11.4 Å². The zero-order valence-electron chi connectivity index (χ0n) is 10.9. The molecule has 0 amide bonds. The number of oxime groups is 1. The molecule has 0 N–H and O–H groups in total. The standard InChI is InChI=1S/C15H12F3NOS/c16-15(17,18)14(21-13-9-5-2-6-10-13)19-20-11-12-7-3-1-4-8-12/h1-10H,11H2/b19-14+. The van der Waals surface area contributed by atoms with Gasteiger partial charge in [-0.2, -0.15) is 13.2 Å². The molecule has 0 saturated heterocycles. The summed E-state index contributed by atoms with van der Waals surface area (Å²) in [5, 5.41) is 2.22. The monoisotopic (exact) mass is 311 g/mol. The van der Waals surface area contributed by atoms with Crippen molar-refractivity contribution in [3.8, 4) is 0 Å². The van der Waals surface area contributed by atoms with Crippen LogP contribution in [0.4, 0.5) is 13.2 Å². The normalized spacial score (nSPS) is 12.2. The molecule has 0 heterocycles. The molecule has 0 fully saturated rings. The van der Waals surface area contributed by atoms with Gasteiger partial charge in [0.15, 0.2) is 0 Å². The highest BCUT2D eigenvalue weighted by atomic mass is 32.2. The Morgan fingerprint density at radius 2 is 1.52 bits per heavy atom. The van der Waals surface area contributed by atoms with Gasteiger partial charge in [-0.25, -0.2) is 0 Å². The topological polar surface area (TPSA) is 21.6 Å². The van der Waals surface area contributed by atoms with Crippen LogP contribution in [-0.4, -0.2) is 11.2 Å². The summed E-state index contributed by atoms with van der Waals surface area (Å²) in [5.41, 5.74) is 0.757. The van der Waals surface area contributed by atoms with Crippen molar-refractivity contribution in [1.82, 2.24) is 0 Å². The SMILES string of the molecule is FC(F)(F)/C(=N\OCc1ccccc1)Sc1ccccc1. The van der Waals surface area contributed by atoms with Crippen molar-refractivity contribution in [2.75, 3.05) is 0 Å². The van der Waals surface area contributed by atoms with Gasteiger partial charge in [0.2, 0.25) is 5.04 Å². The second-order valence-corrected chi connectivity index (χ2v) is 5.13. The molecular weight excluding hydrogens is 299 g/mol. The van der Waals surface area contributed by atoms with Crippen LogP contribution < -0.4 is 0 Å². The van der Waals surface area contributed by atoms with Gasteiger partial charge >= 0.3 is 6.18 Å². The van der Waals surface area contributed by atoms with Gasteiger partial charge in [0, 0.05) is 4.90 Å². The first kappa shape index (κ1) is 15.4. The summed E-state index contributed by atoms with van der Waals surface area (Å²) < 4.78 is 38.7. The molecule has 2 aromatic rings. The quantitative estimate of drug-likeness (QED) is 0.348. The van der Waals surface area contributed by atoms with E-state index in [2.05, 4.69) is 5.16 Å². The third-order valence-corrected chi connectivity index (χ3v) is 3.43. The predicted molar refractivity (Wildman–Crippen MR) is 77.0 cm³/mol. The first-order chi connectivity index (χ1) is 10.1. The Balaban J connectivity index is 2.04. The third kappa shape index (κ3) is 5.15. The van der Waals surface area contributed by atoms with Crippen LogP contribution in [0.15, 0.2) is 70.7 Å². The molecule has 110 valence electrons. The fourth-order valence-corrected chi connectivity index (χ4v) is 2.19. The van der Waals surface area contributed by atoms with E-state index in [1.165, 1.54) is 0 Å². The van der Waals surface area contributed by atoms with E-state index < -0.39 is 11.2 Å². The molecule has 6 heteroatoms. The van der Waals surface area contributed by atoms with Gasteiger partial charge in [0.1, 0.15) is 6.61 Å². The van der Waals surface area contributed by atoms with Crippen LogP contribution in [0.25, 0.3) is 0 Å². The van der Waals surface area contributed by atoms with E-state index >= 15 is 0 Å². The van der Waals surface area contributed by atoms with Gasteiger partial charge in [-0.05, 0) is 17.7 Å². The average molecular weight is 311 g/mol. The minimum absolute atomic E-state index is 0.00420. The molecule has 2 nitrogen and oxygen atoms in total. The lowest BCUT2D eigenvalue weighted by Gasteiger charge is -2.09. The van der Waals surface area contributed by atoms with Gasteiger partial charge in [-0.15, -0.1) is 0 Å². The van der Waals surface area contributed by atoms with E-state index in [0.717, 1.165) is 5.56 Å². The Labute approximate surface area is 124 Å². The van der Waals surface area contributed by atoms with Crippen molar-refractivity contribution < 1.29 is 18.0 Å². The fraction of sp³-hybridized carbons (Fsp3) is 0.133. The number of benzene rings is 2. The molecule has 0 saturated carbocycles. The molecule has 0 radical (unpaired) electrons. The molecule has 0 aliphatic heterocycles. The number of hydrogen-bond acceptors (Lipinski definition) is 3. The lowest BCUT2D eigenvalue weighted by atomic mass is 10.2. The van der Waals surface area contributed by atoms with Gasteiger partial charge in [-0.1, -0.05) is 65.4 Å². The molecule has 0 aromatic heterocycles. The molecule has 2 aromatic carbocycles. The number of hydrogen-bond donors (Lipinski definition) is 0. The van der Waals surface area contributed by atoms with Crippen LogP contribution >= 0.6 is 11.8 Å². The lowest BCUT2D eigenvalue weighted by molar-refractivity contribution is -0.0590. The van der Waals surface area contributed by atoms with Crippen molar-refractivity contribution in [2.45, 2.75) is 17.7 Å². The number of thioether (sulfide) groups is 1. The minimum atomic E-state index is -4.54. The third-order valence-electron chi connectivity index (χ3n) is 2.42. The van der Waals surface area contributed by atoms with Crippen molar-refractivity contribution >= 4 is 16.8 Å². The van der Waals surface area contributed by atoms with E-state index in [1.54, 1.807) is 54.6 Å². The first-order valence-electron chi connectivity index (χ1n) is 6.09. The number of alkyl halides is 3. The van der Waals surface area contributed by atoms with Crippen molar-refractivity contribution in [2.24, 2.45) is 5.16 Å². The maximum Gasteiger partial charge on any atom is 0.443 e. The summed E-state index contributed by atoms with van der Waals surface area (Å²) in [5.74, 6) is 0. The van der Waals surface area contributed by atoms with E-state index in [-0.39, 0.29) is 6.61 Å². The maximum absolute atomic E-state index is 12.9. The largest absolute Gasteiger partial charge is 0.443 e. The molecule has 0 spiro atoms.